The van der Waals surface area contributed by atoms with E-state index in [2.05, 4.69) is 28.9 Å². The van der Waals surface area contributed by atoms with Gasteiger partial charge in [-0.1, -0.05) is 6.07 Å². The number of anilines is 2. The van der Waals surface area contributed by atoms with Crippen LogP contribution in [0.5, 0.6) is 0 Å². The van der Waals surface area contributed by atoms with Crippen molar-refractivity contribution in [1.29, 1.82) is 0 Å². The van der Waals surface area contributed by atoms with Crippen LogP contribution in [0.25, 0.3) is 0 Å². The zero-order chi connectivity index (χ0) is 13.2. The SMILES string of the molecule is CC(=O)N1CCc2cc(NCc3cccs3)ccc21. The molecular formula is C15H16N2OS. The maximum absolute atomic E-state index is 11.5. The summed E-state index contributed by atoms with van der Waals surface area (Å²) in [5.41, 5.74) is 3.44. The maximum Gasteiger partial charge on any atom is 0.223 e. The first-order chi connectivity index (χ1) is 9.24. The Kier molecular flexibility index (Phi) is 3.25. The molecule has 3 nitrogen and oxygen atoms in total. The Morgan fingerprint density at radius 3 is 3.05 bits per heavy atom. The number of carbonyl (C=O) groups excluding carboxylic acids is 1. The molecule has 0 saturated heterocycles. The van der Waals surface area contributed by atoms with E-state index in [9.17, 15) is 4.79 Å². The molecular weight excluding hydrogens is 256 g/mol. The average molecular weight is 272 g/mol. The second-order valence-electron chi connectivity index (χ2n) is 4.70. The summed E-state index contributed by atoms with van der Waals surface area (Å²) in [6.45, 7) is 3.28. The van der Waals surface area contributed by atoms with Gasteiger partial charge in [0, 0.05) is 36.3 Å². The zero-order valence-corrected chi connectivity index (χ0v) is 11.7. The lowest BCUT2D eigenvalue weighted by Crippen LogP contribution is -2.25. The zero-order valence-electron chi connectivity index (χ0n) is 10.8. The Bertz CT molecular complexity index is 592. The molecule has 0 unspecified atom stereocenters. The van der Waals surface area contributed by atoms with Crippen molar-refractivity contribution in [3.05, 3.63) is 46.2 Å². The lowest BCUT2D eigenvalue weighted by atomic mass is 10.1. The van der Waals surface area contributed by atoms with Gasteiger partial charge in [0.1, 0.15) is 0 Å². The van der Waals surface area contributed by atoms with Gasteiger partial charge in [0.25, 0.3) is 0 Å². The van der Waals surface area contributed by atoms with Gasteiger partial charge in [0.2, 0.25) is 5.91 Å². The van der Waals surface area contributed by atoms with E-state index in [4.69, 9.17) is 0 Å². The number of hydrogen-bond acceptors (Lipinski definition) is 3. The molecule has 2 heterocycles. The highest BCUT2D eigenvalue weighted by atomic mass is 32.1. The third kappa shape index (κ3) is 2.49. The van der Waals surface area contributed by atoms with Crippen LogP contribution in [-0.4, -0.2) is 12.5 Å². The molecule has 98 valence electrons. The molecule has 0 radical (unpaired) electrons. The molecule has 1 aliphatic rings. The van der Waals surface area contributed by atoms with Crippen LogP contribution < -0.4 is 10.2 Å². The Labute approximate surface area is 116 Å². The predicted octanol–water partition coefficient (Wildman–Crippen LogP) is 3.27. The number of amides is 1. The van der Waals surface area contributed by atoms with Crippen molar-refractivity contribution in [2.24, 2.45) is 0 Å². The minimum atomic E-state index is 0.123. The summed E-state index contributed by atoms with van der Waals surface area (Å²) in [6.07, 6.45) is 0.948. The number of carbonyl (C=O) groups is 1. The van der Waals surface area contributed by atoms with Gasteiger partial charge in [-0.2, -0.15) is 0 Å². The van der Waals surface area contributed by atoms with Crippen molar-refractivity contribution >= 4 is 28.6 Å². The fourth-order valence-electron chi connectivity index (χ4n) is 2.44. The molecule has 0 aliphatic carbocycles. The van der Waals surface area contributed by atoms with Crippen LogP contribution in [0.3, 0.4) is 0 Å². The summed E-state index contributed by atoms with van der Waals surface area (Å²) >= 11 is 1.76. The van der Waals surface area contributed by atoms with E-state index in [1.807, 2.05) is 17.0 Å². The smallest absolute Gasteiger partial charge is 0.223 e. The Morgan fingerprint density at radius 1 is 1.42 bits per heavy atom. The number of nitrogens with zero attached hydrogens (tertiary/aromatic N) is 1. The van der Waals surface area contributed by atoms with Crippen molar-refractivity contribution in [3.8, 4) is 0 Å². The van der Waals surface area contributed by atoms with Gasteiger partial charge >= 0.3 is 0 Å². The minimum absolute atomic E-state index is 0.123. The van der Waals surface area contributed by atoms with Gasteiger partial charge in [0.15, 0.2) is 0 Å². The molecule has 19 heavy (non-hydrogen) atoms. The summed E-state index contributed by atoms with van der Waals surface area (Å²) in [5, 5.41) is 5.52. The van der Waals surface area contributed by atoms with Gasteiger partial charge in [-0.05, 0) is 41.6 Å². The largest absolute Gasteiger partial charge is 0.380 e. The molecule has 2 aromatic rings. The summed E-state index contributed by atoms with van der Waals surface area (Å²) < 4.78 is 0. The first-order valence-corrected chi connectivity index (χ1v) is 7.29. The second-order valence-corrected chi connectivity index (χ2v) is 5.73. The van der Waals surface area contributed by atoms with Crippen molar-refractivity contribution in [2.45, 2.75) is 19.9 Å². The molecule has 3 rings (SSSR count). The maximum atomic E-state index is 11.5. The Morgan fingerprint density at radius 2 is 2.32 bits per heavy atom. The number of rotatable bonds is 3. The summed E-state index contributed by atoms with van der Waals surface area (Å²) in [7, 11) is 0. The number of benzene rings is 1. The summed E-state index contributed by atoms with van der Waals surface area (Å²) in [4.78, 5) is 14.7. The van der Waals surface area contributed by atoms with Gasteiger partial charge in [0.05, 0.1) is 0 Å². The number of nitrogens with one attached hydrogen (secondary N) is 1. The third-order valence-corrected chi connectivity index (χ3v) is 4.28. The average Bonchev–Trinajstić information content (AvgIpc) is 3.05. The molecule has 1 amide bonds. The fraction of sp³-hybridized carbons (Fsp3) is 0.267. The van der Waals surface area contributed by atoms with Crippen molar-refractivity contribution in [3.63, 3.8) is 0 Å². The first-order valence-electron chi connectivity index (χ1n) is 6.41. The normalized spacial score (nSPS) is 13.4. The van der Waals surface area contributed by atoms with Crippen molar-refractivity contribution in [1.82, 2.24) is 0 Å². The van der Waals surface area contributed by atoms with Crippen LogP contribution in [-0.2, 0) is 17.8 Å². The highest BCUT2D eigenvalue weighted by Crippen LogP contribution is 2.30. The van der Waals surface area contributed by atoms with Crippen LogP contribution in [0.4, 0.5) is 11.4 Å². The minimum Gasteiger partial charge on any atom is -0.380 e. The van der Waals surface area contributed by atoms with E-state index in [0.717, 1.165) is 30.9 Å². The van der Waals surface area contributed by atoms with Gasteiger partial charge < -0.3 is 10.2 Å². The van der Waals surface area contributed by atoms with Gasteiger partial charge in [-0.25, -0.2) is 0 Å². The molecule has 0 spiro atoms. The van der Waals surface area contributed by atoms with Crippen LogP contribution >= 0.6 is 11.3 Å². The molecule has 0 atom stereocenters. The fourth-order valence-corrected chi connectivity index (χ4v) is 3.09. The molecule has 1 aromatic heterocycles. The van der Waals surface area contributed by atoms with Crippen LogP contribution in [0, 0.1) is 0 Å². The van der Waals surface area contributed by atoms with E-state index in [0.29, 0.717) is 0 Å². The van der Waals surface area contributed by atoms with Crippen LogP contribution in [0.2, 0.25) is 0 Å². The monoisotopic (exact) mass is 272 g/mol. The molecule has 1 aliphatic heterocycles. The van der Waals surface area contributed by atoms with Gasteiger partial charge in [-0.15, -0.1) is 11.3 Å². The molecule has 0 saturated carbocycles. The Hall–Kier alpha value is -1.81. The van der Waals surface area contributed by atoms with Gasteiger partial charge in [-0.3, -0.25) is 4.79 Å². The number of fused-ring (bicyclic) bond motifs is 1. The molecule has 0 bridgehead atoms. The van der Waals surface area contributed by atoms with E-state index < -0.39 is 0 Å². The molecule has 1 N–H and O–H groups in total. The quantitative estimate of drug-likeness (QED) is 0.930. The van der Waals surface area contributed by atoms with Crippen LogP contribution in [0.15, 0.2) is 35.7 Å². The van der Waals surface area contributed by atoms with E-state index in [1.165, 1.54) is 10.4 Å². The van der Waals surface area contributed by atoms with E-state index >= 15 is 0 Å². The Balaban J connectivity index is 1.74. The topological polar surface area (TPSA) is 32.3 Å². The van der Waals surface area contributed by atoms with Crippen LogP contribution in [0.1, 0.15) is 17.4 Å². The highest BCUT2D eigenvalue weighted by molar-refractivity contribution is 7.09. The number of hydrogen-bond donors (Lipinski definition) is 1. The summed E-state index contributed by atoms with van der Waals surface area (Å²) in [5.74, 6) is 0.123. The third-order valence-electron chi connectivity index (χ3n) is 3.40. The number of thiophene rings is 1. The van der Waals surface area contributed by atoms with E-state index in [-0.39, 0.29) is 5.91 Å². The standard InChI is InChI=1S/C15H16N2OS/c1-11(18)17-7-6-12-9-13(4-5-15(12)17)16-10-14-3-2-8-19-14/h2-5,8-9,16H,6-7,10H2,1H3. The molecule has 0 fully saturated rings. The first kappa shape index (κ1) is 12.2. The molecule has 4 heteroatoms. The van der Waals surface area contributed by atoms with E-state index in [1.54, 1.807) is 18.3 Å². The van der Waals surface area contributed by atoms with Crippen molar-refractivity contribution < 1.29 is 4.79 Å². The molecule has 1 aromatic carbocycles. The second kappa shape index (κ2) is 5.05. The highest BCUT2D eigenvalue weighted by Gasteiger charge is 2.21. The lowest BCUT2D eigenvalue weighted by molar-refractivity contribution is -0.116. The summed E-state index contributed by atoms with van der Waals surface area (Å²) in [6, 6.07) is 10.4. The predicted molar refractivity (Wildman–Crippen MR) is 79.8 cm³/mol. The van der Waals surface area contributed by atoms with Crippen molar-refractivity contribution in [2.75, 3.05) is 16.8 Å². The lowest BCUT2D eigenvalue weighted by Gasteiger charge is -2.15.